The highest BCUT2D eigenvalue weighted by Crippen LogP contribution is 2.45. The van der Waals surface area contributed by atoms with Crippen molar-refractivity contribution in [2.75, 3.05) is 12.5 Å². The summed E-state index contributed by atoms with van der Waals surface area (Å²) in [6, 6.07) is 10.6. The largest absolute Gasteiger partial charge is 0.464 e. The van der Waals surface area contributed by atoms with Gasteiger partial charge in [-0.1, -0.05) is 24.3 Å². The number of halogens is 3. The van der Waals surface area contributed by atoms with Gasteiger partial charge in [-0.2, -0.15) is 0 Å². The summed E-state index contributed by atoms with van der Waals surface area (Å²) < 4.78 is 34.5. The number of rotatable bonds is 4. The van der Waals surface area contributed by atoms with E-state index < -0.39 is 28.9 Å². The summed E-state index contributed by atoms with van der Waals surface area (Å²) in [6.07, 6.45) is -0.212. The highest BCUT2D eigenvalue weighted by atomic mass is 35.5. The van der Waals surface area contributed by atoms with E-state index in [2.05, 4.69) is 0 Å². The topological polar surface area (TPSA) is 48.3 Å². The fourth-order valence-corrected chi connectivity index (χ4v) is 3.94. The number of alkyl halides is 1. The molecule has 0 fully saturated rings. The third-order valence-electron chi connectivity index (χ3n) is 5.15. The monoisotopic (exact) mass is 403 g/mol. The lowest BCUT2D eigenvalue weighted by atomic mass is 9.73. The highest BCUT2D eigenvalue weighted by molar-refractivity contribution is 6.18. The number of aromatic nitrogens is 1. The van der Waals surface area contributed by atoms with Crippen LogP contribution in [0, 0.1) is 11.6 Å². The average molecular weight is 404 g/mol. The van der Waals surface area contributed by atoms with Gasteiger partial charge in [0.05, 0.1) is 28.9 Å². The first-order chi connectivity index (χ1) is 13.4. The summed E-state index contributed by atoms with van der Waals surface area (Å²) in [5.74, 6) is -2.38. The van der Waals surface area contributed by atoms with E-state index in [9.17, 15) is 18.4 Å². The fraction of sp³-hybridized carbons (Fsp3) is 0.238. The zero-order chi connectivity index (χ0) is 20.1. The Morgan fingerprint density at radius 3 is 2.71 bits per heavy atom. The molecule has 0 amide bonds. The number of benzene rings is 2. The van der Waals surface area contributed by atoms with Gasteiger partial charge in [-0.25, -0.2) is 8.78 Å². The number of hydrogen-bond donors (Lipinski definition) is 0. The summed E-state index contributed by atoms with van der Waals surface area (Å²) >= 11 is 5.56. The van der Waals surface area contributed by atoms with Gasteiger partial charge in [0.15, 0.2) is 0 Å². The van der Waals surface area contributed by atoms with Crippen molar-refractivity contribution in [3.8, 4) is 11.3 Å². The van der Waals surface area contributed by atoms with Gasteiger partial charge in [-0.3, -0.25) is 14.2 Å². The molecule has 2 aromatic carbocycles. The van der Waals surface area contributed by atoms with E-state index in [0.29, 0.717) is 16.8 Å². The number of carbonyl (C=O) groups is 2. The molecule has 0 bridgehead atoms. The molecule has 0 spiro atoms. The van der Waals surface area contributed by atoms with E-state index in [0.717, 1.165) is 12.1 Å². The molecule has 1 atom stereocenters. The fourth-order valence-electron chi connectivity index (χ4n) is 3.86. The van der Waals surface area contributed by atoms with Crippen molar-refractivity contribution in [1.29, 1.82) is 0 Å². The second kappa shape index (κ2) is 6.71. The van der Waals surface area contributed by atoms with Gasteiger partial charge in [-0.05, 0) is 24.6 Å². The molecule has 2 heterocycles. The number of nitrogens with zero attached hydrogens (tertiary/aromatic N) is 1. The lowest BCUT2D eigenvalue weighted by Crippen LogP contribution is -2.42. The van der Waals surface area contributed by atoms with Crippen molar-refractivity contribution in [3.63, 3.8) is 0 Å². The van der Waals surface area contributed by atoms with Crippen LogP contribution >= 0.6 is 11.6 Å². The van der Waals surface area contributed by atoms with Crippen molar-refractivity contribution >= 4 is 34.4 Å². The molecule has 0 aliphatic carbocycles. The van der Waals surface area contributed by atoms with Gasteiger partial charge in [0.2, 0.25) is 5.91 Å². The first-order valence-electron chi connectivity index (χ1n) is 8.73. The van der Waals surface area contributed by atoms with Gasteiger partial charge < -0.3 is 4.74 Å². The smallest absolute Gasteiger partial charge is 0.307 e. The van der Waals surface area contributed by atoms with Gasteiger partial charge in [0, 0.05) is 17.0 Å². The van der Waals surface area contributed by atoms with Crippen LogP contribution in [0.15, 0.2) is 42.5 Å². The van der Waals surface area contributed by atoms with Crippen LogP contribution in [0.5, 0.6) is 0 Å². The molecule has 0 radical (unpaired) electrons. The number of carbonyl (C=O) groups excluding carboxylic acids is 2. The second-order valence-corrected chi connectivity index (χ2v) is 7.33. The Balaban J connectivity index is 1.95. The maximum Gasteiger partial charge on any atom is 0.307 e. The van der Waals surface area contributed by atoms with Crippen LogP contribution in [0.2, 0.25) is 0 Å². The van der Waals surface area contributed by atoms with E-state index in [-0.39, 0.29) is 29.8 Å². The average Bonchev–Trinajstić information content (AvgIpc) is 3.04. The van der Waals surface area contributed by atoms with Crippen LogP contribution < -0.4 is 0 Å². The molecule has 4 rings (SSSR count). The molecule has 0 saturated carbocycles. The van der Waals surface area contributed by atoms with Crippen molar-refractivity contribution in [2.45, 2.75) is 18.8 Å². The Bertz CT molecular complexity index is 1120. The molecule has 7 heteroatoms. The van der Waals surface area contributed by atoms with Gasteiger partial charge in [0.1, 0.15) is 18.2 Å². The van der Waals surface area contributed by atoms with Crippen LogP contribution in [-0.4, -0.2) is 28.9 Å². The van der Waals surface area contributed by atoms with Gasteiger partial charge in [0.25, 0.3) is 0 Å². The number of hydrogen-bond acceptors (Lipinski definition) is 3. The van der Waals surface area contributed by atoms with E-state index in [4.69, 9.17) is 16.3 Å². The van der Waals surface area contributed by atoms with E-state index in [1.807, 2.05) is 0 Å². The maximum absolute atomic E-state index is 14.3. The number of esters is 1. The molecule has 144 valence electrons. The third-order valence-corrected chi connectivity index (χ3v) is 5.30. The number of ether oxygens (including phenoxy) is 1. The molecular weight excluding hydrogens is 388 g/mol. The summed E-state index contributed by atoms with van der Waals surface area (Å²) in [4.78, 5) is 25.8. The van der Waals surface area contributed by atoms with Crippen LogP contribution in [-0.2, 0) is 14.9 Å². The molecule has 4 nitrogen and oxygen atoms in total. The third kappa shape index (κ3) is 2.71. The minimum absolute atomic E-state index is 0.0421. The summed E-state index contributed by atoms with van der Waals surface area (Å²) in [6.45, 7) is 1.68. The highest BCUT2D eigenvalue weighted by Gasteiger charge is 2.45. The first-order valence-corrected chi connectivity index (χ1v) is 9.27. The summed E-state index contributed by atoms with van der Waals surface area (Å²) in [5.41, 5.74) is 0.672. The van der Waals surface area contributed by atoms with E-state index in [1.54, 1.807) is 31.2 Å². The van der Waals surface area contributed by atoms with Gasteiger partial charge in [-0.15, -0.1) is 11.6 Å². The molecule has 1 aliphatic rings. The van der Waals surface area contributed by atoms with Crippen LogP contribution in [0.4, 0.5) is 8.78 Å². The Morgan fingerprint density at radius 1 is 1.21 bits per heavy atom. The molecule has 1 unspecified atom stereocenters. The quantitative estimate of drug-likeness (QED) is 0.470. The molecule has 0 N–H and O–H groups in total. The Kier molecular flexibility index (Phi) is 4.46. The van der Waals surface area contributed by atoms with Crippen molar-refractivity contribution in [2.24, 2.45) is 0 Å². The Hall–Kier alpha value is -2.73. The molecule has 28 heavy (non-hydrogen) atoms. The lowest BCUT2D eigenvalue weighted by Gasteiger charge is -2.35. The standard InChI is InChI=1S/C21H16ClF2NO3/c1-21(11-19(26)28-7-6-22)15-5-3-2-4-13(15)18-10-14-16(24)8-12(23)9-17(14)25(18)20(21)27/h2-5,8-10H,6-7,11H2,1H3. The van der Waals surface area contributed by atoms with E-state index >= 15 is 0 Å². The van der Waals surface area contributed by atoms with Crippen LogP contribution in [0.3, 0.4) is 0 Å². The zero-order valence-corrected chi connectivity index (χ0v) is 15.7. The molecule has 1 aromatic heterocycles. The Labute approximate surface area is 164 Å². The molecular formula is C21H16ClF2NO3. The van der Waals surface area contributed by atoms with Crippen molar-refractivity contribution < 1.29 is 23.1 Å². The van der Waals surface area contributed by atoms with E-state index in [1.165, 1.54) is 10.6 Å². The molecule has 3 aromatic rings. The molecule has 1 aliphatic heterocycles. The summed E-state index contributed by atoms with van der Waals surface area (Å²) in [5, 5.41) is 0.147. The SMILES string of the molecule is CC1(CC(=O)OCCCl)C(=O)n2c(cc3c(F)cc(F)cc32)-c2ccccc21. The predicted molar refractivity (Wildman–Crippen MR) is 102 cm³/mol. The zero-order valence-electron chi connectivity index (χ0n) is 15.0. The minimum atomic E-state index is -1.25. The van der Waals surface area contributed by atoms with Crippen molar-refractivity contribution in [3.05, 3.63) is 59.7 Å². The predicted octanol–water partition coefficient (Wildman–Crippen LogP) is 4.67. The summed E-state index contributed by atoms with van der Waals surface area (Å²) in [7, 11) is 0. The number of fused-ring (bicyclic) bond motifs is 5. The van der Waals surface area contributed by atoms with Crippen LogP contribution in [0.1, 0.15) is 23.7 Å². The van der Waals surface area contributed by atoms with Crippen LogP contribution in [0.25, 0.3) is 22.2 Å². The first kappa shape index (κ1) is 18.6. The second-order valence-electron chi connectivity index (χ2n) is 6.95. The van der Waals surface area contributed by atoms with Gasteiger partial charge >= 0.3 is 5.97 Å². The maximum atomic E-state index is 14.3. The van der Waals surface area contributed by atoms with Crippen molar-refractivity contribution in [1.82, 2.24) is 4.57 Å². The minimum Gasteiger partial charge on any atom is -0.464 e. The lowest BCUT2D eigenvalue weighted by molar-refractivity contribution is -0.144. The Morgan fingerprint density at radius 2 is 1.96 bits per heavy atom. The molecule has 0 saturated heterocycles. The normalized spacial score (nSPS) is 18.1.